The summed E-state index contributed by atoms with van der Waals surface area (Å²) in [5, 5.41) is 3.38. The first-order valence-electron chi connectivity index (χ1n) is 8.19. The van der Waals surface area contributed by atoms with Crippen LogP contribution in [0.4, 0.5) is 4.39 Å². The van der Waals surface area contributed by atoms with E-state index in [4.69, 9.17) is 0 Å². The molecule has 7 heteroatoms. The molecule has 2 aromatic heterocycles. The molecule has 0 radical (unpaired) electrons. The van der Waals surface area contributed by atoms with Crippen molar-refractivity contribution in [2.75, 3.05) is 6.54 Å². The van der Waals surface area contributed by atoms with Crippen molar-refractivity contribution in [3.8, 4) is 0 Å². The molecule has 0 unspecified atom stereocenters. The van der Waals surface area contributed by atoms with Crippen LogP contribution in [0.1, 0.15) is 33.0 Å². The molecule has 4 rings (SSSR count). The Morgan fingerprint density at radius 1 is 1.28 bits per heavy atom. The van der Waals surface area contributed by atoms with E-state index in [1.54, 1.807) is 12.1 Å². The fraction of sp³-hybridized carbons (Fsp3) is 0.278. The van der Waals surface area contributed by atoms with E-state index in [9.17, 15) is 14.0 Å². The highest BCUT2D eigenvalue weighted by atomic mass is 32.1. The predicted molar refractivity (Wildman–Crippen MR) is 94.7 cm³/mol. The number of carbonyl (C=O) groups excluding carboxylic acids is 1. The Balaban J connectivity index is 1.48. The number of hydrogen-bond donors (Lipinski definition) is 2. The molecular weight excluding hydrogens is 341 g/mol. The molecule has 0 bridgehead atoms. The Hall–Kier alpha value is -2.54. The van der Waals surface area contributed by atoms with Gasteiger partial charge >= 0.3 is 0 Å². The van der Waals surface area contributed by atoms with E-state index >= 15 is 0 Å². The third kappa shape index (κ3) is 3.07. The third-order valence-electron chi connectivity index (χ3n) is 4.40. The molecular formula is C18H16FN3O2S. The first-order chi connectivity index (χ1) is 12.1. The number of thiophene rings is 1. The number of amides is 1. The SMILES string of the molecule is O=C(NCCc1ccc(F)cc1)c1nc2sc3c(c2c(=O)[nH]1)CCC3. The zero-order valence-electron chi connectivity index (χ0n) is 13.4. The molecule has 2 N–H and O–H groups in total. The van der Waals surface area contributed by atoms with E-state index in [0.29, 0.717) is 23.2 Å². The number of carbonyl (C=O) groups is 1. The van der Waals surface area contributed by atoms with E-state index < -0.39 is 5.91 Å². The summed E-state index contributed by atoms with van der Waals surface area (Å²) in [5.41, 5.74) is 1.78. The van der Waals surface area contributed by atoms with Gasteiger partial charge in [-0.3, -0.25) is 9.59 Å². The summed E-state index contributed by atoms with van der Waals surface area (Å²) in [6.45, 7) is 0.382. The van der Waals surface area contributed by atoms with Crippen LogP contribution in [-0.4, -0.2) is 22.4 Å². The standard InChI is InChI=1S/C18H16FN3O2S/c19-11-6-4-10(5-7-11)8-9-20-17(24)15-21-16(23)14-12-2-1-3-13(12)25-18(14)22-15/h4-7H,1-3,8-9H2,(H,20,24)(H,21,22,23). The molecule has 1 aliphatic carbocycles. The van der Waals surface area contributed by atoms with Crippen molar-refractivity contribution in [3.63, 3.8) is 0 Å². The summed E-state index contributed by atoms with van der Waals surface area (Å²) < 4.78 is 12.9. The van der Waals surface area contributed by atoms with Crippen molar-refractivity contribution in [1.29, 1.82) is 0 Å². The monoisotopic (exact) mass is 357 g/mol. The summed E-state index contributed by atoms with van der Waals surface area (Å²) in [7, 11) is 0. The van der Waals surface area contributed by atoms with Gasteiger partial charge in [0, 0.05) is 11.4 Å². The van der Waals surface area contributed by atoms with Gasteiger partial charge in [0.2, 0.25) is 5.82 Å². The highest BCUT2D eigenvalue weighted by Crippen LogP contribution is 2.34. The second-order valence-electron chi connectivity index (χ2n) is 6.08. The molecule has 0 aliphatic heterocycles. The zero-order chi connectivity index (χ0) is 17.4. The van der Waals surface area contributed by atoms with Crippen molar-refractivity contribution >= 4 is 27.5 Å². The fourth-order valence-corrected chi connectivity index (χ4v) is 4.43. The Kier molecular flexibility index (Phi) is 4.09. The highest BCUT2D eigenvalue weighted by molar-refractivity contribution is 7.18. The van der Waals surface area contributed by atoms with E-state index in [1.165, 1.54) is 28.3 Å². The maximum absolute atomic E-state index is 12.9. The molecule has 25 heavy (non-hydrogen) atoms. The van der Waals surface area contributed by atoms with E-state index in [2.05, 4.69) is 15.3 Å². The number of nitrogens with one attached hydrogen (secondary N) is 2. The lowest BCUT2D eigenvalue weighted by Crippen LogP contribution is -2.29. The Bertz CT molecular complexity index is 1010. The van der Waals surface area contributed by atoms with E-state index in [0.717, 1.165) is 30.4 Å². The lowest BCUT2D eigenvalue weighted by Gasteiger charge is -2.05. The number of H-pyrrole nitrogens is 1. The average Bonchev–Trinajstić information content (AvgIpc) is 3.17. The van der Waals surface area contributed by atoms with Gasteiger partial charge in [0.15, 0.2) is 0 Å². The number of aryl methyl sites for hydroxylation is 2. The molecule has 5 nitrogen and oxygen atoms in total. The first kappa shape index (κ1) is 16.0. The van der Waals surface area contributed by atoms with Crippen molar-refractivity contribution in [2.45, 2.75) is 25.7 Å². The van der Waals surface area contributed by atoms with Gasteiger partial charge in [-0.2, -0.15) is 0 Å². The van der Waals surface area contributed by atoms with E-state index in [1.807, 2.05) is 0 Å². The summed E-state index contributed by atoms with van der Waals surface area (Å²) >= 11 is 1.51. The second kappa shape index (κ2) is 6.40. The van der Waals surface area contributed by atoms with Gasteiger partial charge in [-0.1, -0.05) is 12.1 Å². The largest absolute Gasteiger partial charge is 0.349 e. The Labute approximate surface area is 146 Å². The van der Waals surface area contributed by atoms with Gasteiger partial charge in [-0.15, -0.1) is 11.3 Å². The molecule has 1 aromatic carbocycles. The molecule has 128 valence electrons. The minimum atomic E-state index is -0.408. The minimum absolute atomic E-state index is 0.0385. The topological polar surface area (TPSA) is 74.8 Å². The first-order valence-corrected chi connectivity index (χ1v) is 9.00. The lowest BCUT2D eigenvalue weighted by molar-refractivity contribution is 0.0944. The molecule has 3 aromatic rings. The molecule has 0 fully saturated rings. The van der Waals surface area contributed by atoms with Gasteiger partial charge in [0.1, 0.15) is 10.6 Å². The smallest absolute Gasteiger partial charge is 0.287 e. The van der Waals surface area contributed by atoms with Crippen LogP contribution in [0.15, 0.2) is 29.1 Å². The van der Waals surface area contributed by atoms with Gasteiger partial charge in [0.05, 0.1) is 5.39 Å². The van der Waals surface area contributed by atoms with Crippen molar-refractivity contribution in [3.05, 3.63) is 62.3 Å². The van der Waals surface area contributed by atoms with Crippen LogP contribution in [0.25, 0.3) is 10.2 Å². The molecule has 1 aliphatic rings. The van der Waals surface area contributed by atoms with Crippen molar-refractivity contribution in [2.24, 2.45) is 0 Å². The van der Waals surface area contributed by atoms with Gasteiger partial charge in [0.25, 0.3) is 11.5 Å². The maximum Gasteiger partial charge on any atom is 0.287 e. The number of nitrogens with zero attached hydrogens (tertiary/aromatic N) is 1. The predicted octanol–water partition coefficient (Wildman–Crippen LogP) is 2.58. The van der Waals surface area contributed by atoms with Crippen LogP contribution in [0.2, 0.25) is 0 Å². The Morgan fingerprint density at radius 2 is 2.08 bits per heavy atom. The number of aromatic amines is 1. The minimum Gasteiger partial charge on any atom is -0.349 e. The molecule has 0 saturated carbocycles. The Morgan fingerprint density at radius 3 is 2.88 bits per heavy atom. The van der Waals surface area contributed by atoms with Crippen LogP contribution < -0.4 is 10.9 Å². The molecule has 0 spiro atoms. The summed E-state index contributed by atoms with van der Waals surface area (Å²) in [6, 6.07) is 6.14. The lowest BCUT2D eigenvalue weighted by atomic mass is 10.1. The van der Waals surface area contributed by atoms with Crippen LogP contribution in [0, 0.1) is 5.82 Å². The highest BCUT2D eigenvalue weighted by Gasteiger charge is 2.22. The molecule has 0 atom stereocenters. The average molecular weight is 357 g/mol. The number of benzene rings is 1. The summed E-state index contributed by atoms with van der Waals surface area (Å²) in [5.74, 6) is -0.656. The normalized spacial score (nSPS) is 13.2. The van der Waals surface area contributed by atoms with Crippen LogP contribution in [-0.2, 0) is 19.3 Å². The fourth-order valence-electron chi connectivity index (χ4n) is 3.17. The molecule has 1 amide bonds. The van der Waals surface area contributed by atoms with Crippen LogP contribution >= 0.6 is 11.3 Å². The van der Waals surface area contributed by atoms with Crippen molar-refractivity contribution in [1.82, 2.24) is 15.3 Å². The van der Waals surface area contributed by atoms with Crippen LogP contribution in [0.5, 0.6) is 0 Å². The summed E-state index contributed by atoms with van der Waals surface area (Å²) in [6.07, 6.45) is 3.53. The number of fused-ring (bicyclic) bond motifs is 3. The molecule has 2 heterocycles. The quantitative estimate of drug-likeness (QED) is 0.754. The number of rotatable bonds is 4. The van der Waals surface area contributed by atoms with Gasteiger partial charge in [-0.25, -0.2) is 9.37 Å². The number of hydrogen-bond acceptors (Lipinski definition) is 4. The van der Waals surface area contributed by atoms with Crippen LogP contribution in [0.3, 0.4) is 0 Å². The number of halogens is 1. The molecule has 0 saturated heterocycles. The third-order valence-corrected chi connectivity index (χ3v) is 5.59. The van der Waals surface area contributed by atoms with Gasteiger partial charge in [-0.05, 0) is 48.9 Å². The summed E-state index contributed by atoms with van der Waals surface area (Å²) in [4.78, 5) is 33.4. The van der Waals surface area contributed by atoms with Gasteiger partial charge < -0.3 is 10.3 Å². The van der Waals surface area contributed by atoms with E-state index in [-0.39, 0.29) is 17.2 Å². The second-order valence-corrected chi connectivity index (χ2v) is 7.17. The zero-order valence-corrected chi connectivity index (χ0v) is 14.2. The van der Waals surface area contributed by atoms with Crippen molar-refractivity contribution < 1.29 is 9.18 Å². The number of aromatic nitrogens is 2. The maximum atomic E-state index is 12.9.